The van der Waals surface area contributed by atoms with E-state index in [2.05, 4.69) is 42.8 Å². The maximum absolute atomic E-state index is 4.59. The molecule has 3 heterocycles. The van der Waals surface area contributed by atoms with E-state index in [1.807, 2.05) is 6.92 Å². The molecule has 2 aliphatic rings. The number of hydrogen-bond donors (Lipinski definition) is 0. The van der Waals surface area contributed by atoms with Gasteiger partial charge in [-0.25, -0.2) is 19.9 Å². The highest BCUT2D eigenvalue weighted by molar-refractivity contribution is 5.51. The average molecular weight is 324 g/mol. The number of rotatable bonds is 3. The second-order valence-corrected chi connectivity index (χ2v) is 6.82. The second-order valence-electron chi connectivity index (χ2n) is 6.82. The highest BCUT2D eigenvalue weighted by atomic mass is 15.2. The Labute approximate surface area is 143 Å². The summed E-state index contributed by atoms with van der Waals surface area (Å²) in [5.74, 6) is 2.19. The first-order chi connectivity index (χ1) is 11.7. The van der Waals surface area contributed by atoms with E-state index < -0.39 is 0 Å². The molecule has 1 saturated heterocycles. The summed E-state index contributed by atoms with van der Waals surface area (Å²) in [5.41, 5.74) is 3.66. The number of hydrogen-bond acceptors (Lipinski definition) is 6. The molecule has 0 bridgehead atoms. The maximum Gasteiger partial charge on any atom is 0.135 e. The van der Waals surface area contributed by atoms with Crippen LogP contribution < -0.4 is 9.80 Å². The molecule has 1 fully saturated rings. The Morgan fingerprint density at radius 2 is 1.83 bits per heavy atom. The fourth-order valence-corrected chi connectivity index (χ4v) is 3.90. The highest BCUT2D eigenvalue weighted by Crippen LogP contribution is 2.30. The van der Waals surface area contributed by atoms with Crippen molar-refractivity contribution in [2.45, 2.75) is 45.1 Å². The van der Waals surface area contributed by atoms with E-state index in [1.165, 1.54) is 23.5 Å². The molecule has 0 saturated carbocycles. The predicted molar refractivity (Wildman–Crippen MR) is 94.5 cm³/mol. The summed E-state index contributed by atoms with van der Waals surface area (Å²) in [6, 6.07) is 2.58. The van der Waals surface area contributed by atoms with Gasteiger partial charge in [-0.3, -0.25) is 0 Å². The van der Waals surface area contributed by atoms with Gasteiger partial charge in [0.25, 0.3) is 0 Å². The Kier molecular flexibility index (Phi) is 4.04. The maximum atomic E-state index is 4.59. The molecule has 2 aromatic rings. The Morgan fingerprint density at radius 1 is 1.04 bits per heavy atom. The van der Waals surface area contributed by atoms with Gasteiger partial charge in [-0.05, 0) is 39.0 Å². The van der Waals surface area contributed by atoms with Gasteiger partial charge < -0.3 is 9.80 Å². The largest absolute Gasteiger partial charge is 0.356 e. The summed E-state index contributed by atoms with van der Waals surface area (Å²) in [5, 5.41) is 0. The Hall–Kier alpha value is -2.24. The lowest BCUT2D eigenvalue weighted by Crippen LogP contribution is -2.44. The van der Waals surface area contributed by atoms with Crippen LogP contribution in [0.15, 0.2) is 18.7 Å². The van der Waals surface area contributed by atoms with Gasteiger partial charge in [0, 0.05) is 49.2 Å². The molecule has 6 heteroatoms. The van der Waals surface area contributed by atoms with Gasteiger partial charge in [0.1, 0.15) is 24.3 Å². The molecule has 24 heavy (non-hydrogen) atoms. The molecule has 0 atom stereocenters. The minimum Gasteiger partial charge on any atom is -0.356 e. The van der Waals surface area contributed by atoms with Crippen LogP contribution >= 0.6 is 0 Å². The summed E-state index contributed by atoms with van der Waals surface area (Å²) >= 11 is 0. The normalized spacial score (nSPS) is 17.8. The molecule has 0 unspecified atom stereocenters. The lowest BCUT2D eigenvalue weighted by atomic mass is 10.0. The van der Waals surface area contributed by atoms with Crippen LogP contribution in [0.3, 0.4) is 0 Å². The summed E-state index contributed by atoms with van der Waals surface area (Å²) in [7, 11) is 2.14. The van der Waals surface area contributed by atoms with Crippen molar-refractivity contribution in [3.63, 3.8) is 0 Å². The molecular formula is C18H24N6. The number of anilines is 2. The minimum atomic E-state index is 0.519. The van der Waals surface area contributed by atoms with Gasteiger partial charge in [0.15, 0.2) is 0 Å². The van der Waals surface area contributed by atoms with Crippen molar-refractivity contribution in [1.82, 2.24) is 19.9 Å². The fraction of sp³-hybridized carbons (Fsp3) is 0.556. The van der Waals surface area contributed by atoms with Crippen LogP contribution in [0.1, 0.15) is 36.2 Å². The van der Waals surface area contributed by atoms with Gasteiger partial charge in [-0.15, -0.1) is 0 Å². The van der Waals surface area contributed by atoms with E-state index >= 15 is 0 Å². The van der Waals surface area contributed by atoms with Crippen LogP contribution in [0.2, 0.25) is 0 Å². The van der Waals surface area contributed by atoms with Crippen LogP contribution in [0, 0.1) is 6.92 Å². The smallest absolute Gasteiger partial charge is 0.135 e. The van der Waals surface area contributed by atoms with Crippen molar-refractivity contribution >= 4 is 11.6 Å². The van der Waals surface area contributed by atoms with Crippen molar-refractivity contribution in [2.75, 3.05) is 29.9 Å². The van der Waals surface area contributed by atoms with E-state index in [0.717, 1.165) is 50.3 Å². The molecule has 0 aromatic carbocycles. The van der Waals surface area contributed by atoms with Crippen molar-refractivity contribution in [1.29, 1.82) is 0 Å². The first-order valence-electron chi connectivity index (χ1n) is 8.81. The Morgan fingerprint density at radius 3 is 2.62 bits per heavy atom. The summed E-state index contributed by atoms with van der Waals surface area (Å²) in [4.78, 5) is 22.4. The molecular weight excluding hydrogens is 300 g/mol. The topological polar surface area (TPSA) is 58.0 Å². The Bertz CT molecular complexity index is 723. The summed E-state index contributed by atoms with van der Waals surface area (Å²) in [6.07, 6.45) is 9.09. The lowest BCUT2D eigenvalue weighted by Gasteiger charge is -2.38. The number of piperidine rings is 1. The van der Waals surface area contributed by atoms with Crippen molar-refractivity contribution in [3.05, 3.63) is 35.7 Å². The van der Waals surface area contributed by atoms with Crippen LogP contribution in [0.25, 0.3) is 0 Å². The van der Waals surface area contributed by atoms with E-state index in [0.29, 0.717) is 6.04 Å². The highest BCUT2D eigenvalue weighted by Gasteiger charge is 2.27. The Balaban J connectivity index is 1.45. The van der Waals surface area contributed by atoms with E-state index in [9.17, 15) is 0 Å². The van der Waals surface area contributed by atoms with Gasteiger partial charge in [-0.1, -0.05) is 0 Å². The average Bonchev–Trinajstić information content (AvgIpc) is 3.10. The molecule has 2 aromatic heterocycles. The van der Waals surface area contributed by atoms with Gasteiger partial charge >= 0.3 is 0 Å². The third-order valence-electron chi connectivity index (χ3n) is 5.31. The number of aryl methyl sites for hydroxylation is 2. The van der Waals surface area contributed by atoms with E-state index in [1.54, 1.807) is 12.7 Å². The summed E-state index contributed by atoms with van der Waals surface area (Å²) < 4.78 is 0. The number of aromatic nitrogens is 4. The first-order valence-corrected chi connectivity index (χ1v) is 8.81. The van der Waals surface area contributed by atoms with Crippen LogP contribution in [0.4, 0.5) is 11.6 Å². The second kappa shape index (κ2) is 6.34. The minimum absolute atomic E-state index is 0.519. The van der Waals surface area contributed by atoms with Gasteiger partial charge in [0.2, 0.25) is 0 Å². The molecule has 1 aliphatic heterocycles. The first kappa shape index (κ1) is 15.3. The fourth-order valence-electron chi connectivity index (χ4n) is 3.90. The predicted octanol–water partition coefficient (Wildman–Crippen LogP) is 2.17. The van der Waals surface area contributed by atoms with Crippen LogP contribution in [-0.4, -0.2) is 46.1 Å². The standard InChI is InChI=1S/C18H24N6/c1-13-10-17(21-11-19-13)23(2)14-6-8-24(9-7-14)18-15-4-3-5-16(15)20-12-22-18/h10-12,14H,3-9H2,1-2H3. The number of nitrogens with zero attached hydrogens (tertiary/aromatic N) is 6. The monoisotopic (exact) mass is 324 g/mol. The zero-order valence-corrected chi connectivity index (χ0v) is 14.4. The molecule has 0 N–H and O–H groups in total. The third kappa shape index (κ3) is 2.81. The summed E-state index contributed by atoms with van der Waals surface area (Å²) in [6.45, 7) is 4.10. The SMILES string of the molecule is Cc1cc(N(C)C2CCN(c3ncnc4c3CCC4)CC2)ncn1. The quantitative estimate of drug-likeness (QED) is 0.862. The molecule has 0 amide bonds. The zero-order valence-electron chi connectivity index (χ0n) is 14.4. The van der Waals surface area contributed by atoms with Crippen molar-refractivity contribution < 1.29 is 0 Å². The van der Waals surface area contributed by atoms with E-state index in [4.69, 9.17) is 0 Å². The lowest BCUT2D eigenvalue weighted by molar-refractivity contribution is 0.477. The molecule has 0 spiro atoms. The van der Waals surface area contributed by atoms with Gasteiger partial charge in [0.05, 0.1) is 0 Å². The van der Waals surface area contributed by atoms with Crippen LogP contribution in [-0.2, 0) is 12.8 Å². The van der Waals surface area contributed by atoms with Gasteiger partial charge in [-0.2, -0.15) is 0 Å². The van der Waals surface area contributed by atoms with Crippen molar-refractivity contribution in [2.24, 2.45) is 0 Å². The van der Waals surface area contributed by atoms with E-state index in [-0.39, 0.29) is 0 Å². The zero-order chi connectivity index (χ0) is 16.5. The molecule has 126 valence electrons. The number of fused-ring (bicyclic) bond motifs is 1. The molecule has 4 rings (SSSR count). The molecule has 1 aliphatic carbocycles. The third-order valence-corrected chi connectivity index (χ3v) is 5.31. The molecule has 6 nitrogen and oxygen atoms in total. The van der Waals surface area contributed by atoms with Crippen molar-refractivity contribution in [3.8, 4) is 0 Å². The molecule has 0 radical (unpaired) electrons. The van der Waals surface area contributed by atoms with Crippen LogP contribution in [0.5, 0.6) is 0 Å².